The lowest BCUT2D eigenvalue weighted by Crippen LogP contribution is -2.34. The van der Waals surface area contributed by atoms with Gasteiger partial charge in [0.2, 0.25) is 0 Å². The fourth-order valence-electron chi connectivity index (χ4n) is 3.85. The summed E-state index contributed by atoms with van der Waals surface area (Å²) in [6.45, 7) is 2.09. The van der Waals surface area contributed by atoms with E-state index in [2.05, 4.69) is 4.90 Å². The first-order valence-corrected chi connectivity index (χ1v) is 7.72. The van der Waals surface area contributed by atoms with E-state index in [9.17, 15) is 9.59 Å². The Morgan fingerprint density at radius 2 is 2.00 bits per heavy atom. The molecule has 1 aromatic heterocycles. The van der Waals surface area contributed by atoms with Crippen LogP contribution in [0.4, 0.5) is 5.69 Å². The SMILES string of the molecule is O=C(O)Cc1cc(=O)oc2c3c4c(cc12)CCCN4CCC3. The van der Waals surface area contributed by atoms with Gasteiger partial charge < -0.3 is 14.4 Å². The van der Waals surface area contributed by atoms with Gasteiger partial charge in [-0.3, -0.25) is 4.79 Å². The molecule has 0 atom stereocenters. The molecule has 0 saturated carbocycles. The Morgan fingerprint density at radius 3 is 2.77 bits per heavy atom. The molecule has 22 heavy (non-hydrogen) atoms. The smallest absolute Gasteiger partial charge is 0.336 e. The average Bonchev–Trinajstić information content (AvgIpc) is 2.48. The largest absolute Gasteiger partial charge is 0.481 e. The van der Waals surface area contributed by atoms with Crippen LogP contribution in [0.25, 0.3) is 11.0 Å². The zero-order valence-corrected chi connectivity index (χ0v) is 12.2. The molecule has 0 bridgehead atoms. The lowest BCUT2D eigenvalue weighted by Gasteiger charge is -2.37. The van der Waals surface area contributed by atoms with Crippen LogP contribution in [0.1, 0.15) is 29.5 Å². The zero-order valence-electron chi connectivity index (χ0n) is 12.2. The molecule has 2 aliphatic rings. The van der Waals surface area contributed by atoms with Crippen LogP contribution in [0.5, 0.6) is 0 Å². The number of carboxylic acids is 1. The number of benzene rings is 1. The molecule has 2 aliphatic heterocycles. The third-order valence-corrected chi connectivity index (χ3v) is 4.65. The predicted octanol–water partition coefficient (Wildman–Crippen LogP) is 2.12. The molecule has 2 aromatic rings. The van der Waals surface area contributed by atoms with Crippen LogP contribution in [0.2, 0.25) is 0 Å². The highest BCUT2D eigenvalue weighted by Crippen LogP contribution is 2.40. The summed E-state index contributed by atoms with van der Waals surface area (Å²) in [6, 6.07) is 3.35. The Balaban J connectivity index is 2.05. The molecule has 1 aromatic carbocycles. The van der Waals surface area contributed by atoms with E-state index in [4.69, 9.17) is 9.52 Å². The topological polar surface area (TPSA) is 70.7 Å². The van der Waals surface area contributed by atoms with E-state index in [0.717, 1.165) is 49.7 Å². The van der Waals surface area contributed by atoms with E-state index in [1.807, 2.05) is 6.07 Å². The second kappa shape index (κ2) is 4.87. The van der Waals surface area contributed by atoms with Gasteiger partial charge in [0, 0.05) is 35.8 Å². The van der Waals surface area contributed by atoms with Gasteiger partial charge in [0.25, 0.3) is 0 Å². The van der Waals surface area contributed by atoms with Gasteiger partial charge in [0.05, 0.1) is 6.42 Å². The maximum atomic E-state index is 11.8. The van der Waals surface area contributed by atoms with Gasteiger partial charge in [-0.1, -0.05) is 0 Å². The molecule has 0 fully saturated rings. The monoisotopic (exact) mass is 299 g/mol. The summed E-state index contributed by atoms with van der Waals surface area (Å²) in [4.78, 5) is 25.3. The number of hydrogen-bond donors (Lipinski definition) is 1. The van der Waals surface area contributed by atoms with Crippen molar-refractivity contribution in [2.24, 2.45) is 0 Å². The van der Waals surface area contributed by atoms with E-state index in [-0.39, 0.29) is 6.42 Å². The molecule has 3 heterocycles. The Kier molecular flexibility index (Phi) is 2.96. The molecule has 5 heteroatoms. The van der Waals surface area contributed by atoms with Gasteiger partial charge >= 0.3 is 11.6 Å². The van der Waals surface area contributed by atoms with Crippen molar-refractivity contribution in [1.82, 2.24) is 0 Å². The first-order chi connectivity index (χ1) is 10.6. The maximum absolute atomic E-state index is 11.8. The third-order valence-electron chi connectivity index (χ3n) is 4.65. The highest BCUT2D eigenvalue weighted by atomic mass is 16.4. The van der Waals surface area contributed by atoms with Crippen LogP contribution < -0.4 is 10.5 Å². The fraction of sp³-hybridized carbons (Fsp3) is 0.412. The van der Waals surface area contributed by atoms with Gasteiger partial charge in [-0.15, -0.1) is 0 Å². The summed E-state index contributed by atoms with van der Waals surface area (Å²) in [6.07, 6.45) is 3.89. The Hall–Kier alpha value is -2.30. The van der Waals surface area contributed by atoms with Crippen molar-refractivity contribution in [3.8, 4) is 0 Å². The van der Waals surface area contributed by atoms with Gasteiger partial charge in [-0.25, -0.2) is 4.79 Å². The van der Waals surface area contributed by atoms with Gasteiger partial charge in [-0.2, -0.15) is 0 Å². The fourth-order valence-corrected chi connectivity index (χ4v) is 3.85. The lowest BCUT2D eigenvalue weighted by atomic mass is 9.89. The Morgan fingerprint density at radius 1 is 1.23 bits per heavy atom. The number of aliphatic carboxylic acids is 1. The molecule has 114 valence electrons. The van der Waals surface area contributed by atoms with Crippen molar-refractivity contribution in [1.29, 1.82) is 0 Å². The van der Waals surface area contributed by atoms with Crippen molar-refractivity contribution in [2.75, 3.05) is 18.0 Å². The number of aryl methyl sites for hydroxylation is 2. The van der Waals surface area contributed by atoms with Crippen molar-refractivity contribution in [3.63, 3.8) is 0 Å². The minimum Gasteiger partial charge on any atom is -0.481 e. The molecule has 0 amide bonds. The van der Waals surface area contributed by atoms with Crippen LogP contribution in [0, 0.1) is 0 Å². The number of carbonyl (C=O) groups is 1. The van der Waals surface area contributed by atoms with E-state index in [0.29, 0.717) is 11.1 Å². The molecular weight excluding hydrogens is 282 g/mol. The van der Waals surface area contributed by atoms with Crippen molar-refractivity contribution < 1.29 is 14.3 Å². The number of anilines is 1. The number of rotatable bonds is 2. The molecule has 1 N–H and O–H groups in total. The lowest BCUT2D eigenvalue weighted by molar-refractivity contribution is -0.136. The highest BCUT2D eigenvalue weighted by Gasteiger charge is 2.27. The normalized spacial score (nSPS) is 16.6. The maximum Gasteiger partial charge on any atom is 0.336 e. The highest BCUT2D eigenvalue weighted by molar-refractivity contribution is 5.92. The van der Waals surface area contributed by atoms with Crippen LogP contribution in [-0.4, -0.2) is 24.2 Å². The molecule has 0 radical (unpaired) electrons. The van der Waals surface area contributed by atoms with E-state index < -0.39 is 11.6 Å². The van der Waals surface area contributed by atoms with Gasteiger partial charge in [0.15, 0.2) is 0 Å². The summed E-state index contributed by atoms with van der Waals surface area (Å²) in [5.41, 5.74) is 4.25. The van der Waals surface area contributed by atoms with E-state index >= 15 is 0 Å². The standard InChI is InChI=1S/C17H17NO4/c19-14(20)8-11-9-15(21)22-17-12-4-2-6-18-5-1-3-10(16(12)18)7-13(11)17/h7,9H,1-6,8H2,(H,19,20). The second-order valence-corrected chi connectivity index (χ2v) is 6.09. The molecule has 0 unspecified atom stereocenters. The zero-order chi connectivity index (χ0) is 15.3. The van der Waals surface area contributed by atoms with E-state index in [1.54, 1.807) is 0 Å². The summed E-state index contributed by atoms with van der Waals surface area (Å²) >= 11 is 0. The number of nitrogens with zero attached hydrogens (tertiary/aromatic N) is 1. The van der Waals surface area contributed by atoms with Crippen molar-refractivity contribution in [2.45, 2.75) is 32.1 Å². The minimum atomic E-state index is -0.931. The third kappa shape index (κ3) is 2.00. The van der Waals surface area contributed by atoms with Crippen LogP contribution >= 0.6 is 0 Å². The van der Waals surface area contributed by atoms with Crippen molar-refractivity contribution >= 4 is 22.6 Å². The molecule has 0 aliphatic carbocycles. The summed E-state index contributed by atoms with van der Waals surface area (Å²) in [5, 5.41) is 9.89. The molecule has 0 spiro atoms. The average molecular weight is 299 g/mol. The van der Waals surface area contributed by atoms with Gasteiger partial charge in [-0.05, 0) is 42.9 Å². The summed E-state index contributed by atoms with van der Waals surface area (Å²) in [7, 11) is 0. The van der Waals surface area contributed by atoms with Crippen LogP contribution in [0.15, 0.2) is 21.3 Å². The second-order valence-electron chi connectivity index (χ2n) is 6.09. The number of hydrogen-bond acceptors (Lipinski definition) is 4. The molecular formula is C17H17NO4. The Labute approximate surface area is 127 Å². The first kappa shape index (κ1) is 13.4. The predicted molar refractivity (Wildman–Crippen MR) is 82.7 cm³/mol. The summed E-state index contributed by atoms with van der Waals surface area (Å²) in [5.74, 6) is -0.931. The molecule has 5 nitrogen and oxygen atoms in total. The molecule has 4 rings (SSSR count). The first-order valence-electron chi connectivity index (χ1n) is 7.72. The quantitative estimate of drug-likeness (QED) is 0.860. The summed E-state index contributed by atoms with van der Waals surface area (Å²) < 4.78 is 5.48. The van der Waals surface area contributed by atoms with Crippen LogP contribution in [0.3, 0.4) is 0 Å². The molecule has 0 saturated heterocycles. The number of carboxylic acid groups (broad SMARTS) is 1. The van der Waals surface area contributed by atoms with Crippen molar-refractivity contribution in [3.05, 3.63) is 39.2 Å². The van der Waals surface area contributed by atoms with Crippen LogP contribution in [-0.2, 0) is 24.1 Å². The Bertz CT molecular complexity index is 835. The minimum absolute atomic E-state index is 0.149. The van der Waals surface area contributed by atoms with Gasteiger partial charge in [0.1, 0.15) is 5.58 Å². The van der Waals surface area contributed by atoms with E-state index in [1.165, 1.54) is 17.3 Å². The number of fused-ring (bicyclic) bond motifs is 2.